The molecule has 0 aliphatic heterocycles. The Morgan fingerprint density at radius 1 is 1.21 bits per heavy atom. The largest absolute Gasteiger partial charge is 0.277 e. The van der Waals surface area contributed by atoms with Crippen molar-refractivity contribution in [1.29, 1.82) is 0 Å². The lowest BCUT2D eigenvalue weighted by atomic mass is 10.3. The van der Waals surface area contributed by atoms with Crippen LogP contribution in [0.4, 0.5) is 0 Å². The SMILES string of the molecule is CSc1ncc2c(=O)n(C)n(-c3ccccc3)c2n1. The second-order valence-corrected chi connectivity index (χ2v) is 4.84. The first-order valence-corrected chi connectivity index (χ1v) is 6.99. The Bertz CT molecular complexity index is 792. The Morgan fingerprint density at radius 2 is 1.95 bits per heavy atom. The summed E-state index contributed by atoms with van der Waals surface area (Å²) >= 11 is 1.46. The molecule has 0 aliphatic carbocycles. The van der Waals surface area contributed by atoms with Gasteiger partial charge in [0, 0.05) is 13.2 Å². The van der Waals surface area contributed by atoms with Crippen LogP contribution in [0.25, 0.3) is 16.7 Å². The zero-order valence-electron chi connectivity index (χ0n) is 10.6. The molecule has 1 aromatic carbocycles. The molecule has 3 aromatic rings. The average molecular weight is 272 g/mol. The molecule has 0 atom stereocenters. The Balaban J connectivity index is 2.41. The van der Waals surface area contributed by atoms with Crippen molar-refractivity contribution in [3.05, 3.63) is 46.9 Å². The molecule has 19 heavy (non-hydrogen) atoms. The van der Waals surface area contributed by atoms with Crippen LogP contribution in [0.3, 0.4) is 0 Å². The first kappa shape index (κ1) is 12.0. The summed E-state index contributed by atoms with van der Waals surface area (Å²) in [5, 5.41) is 1.19. The lowest BCUT2D eigenvalue weighted by Gasteiger charge is -2.07. The van der Waals surface area contributed by atoms with Crippen LogP contribution < -0.4 is 5.56 Å². The molecule has 0 saturated heterocycles. The van der Waals surface area contributed by atoms with Crippen LogP contribution in [0.15, 0.2) is 46.5 Å². The second kappa shape index (κ2) is 4.55. The molecule has 5 nitrogen and oxygen atoms in total. The van der Waals surface area contributed by atoms with Gasteiger partial charge in [0.05, 0.1) is 5.69 Å². The van der Waals surface area contributed by atoms with Gasteiger partial charge in [-0.2, -0.15) is 0 Å². The molecule has 0 unspecified atom stereocenters. The van der Waals surface area contributed by atoms with E-state index in [1.165, 1.54) is 11.8 Å². The van der Waals surface area contributed by atoms with E-state index in [1.54, 1.807) is 22.6 Å². The first-order chi connectivity index (χ1) is 9.22. The summed E-state index contributed by atoms with van der Waals surface area (Å²) in [4.78, 5) is 20.8. The highest BCUT2D eigenvalue weighted by Gasteiger charge is 2.14. The maximum atomic E-state index is 12.2. The number of aromatic nitrogens is 4. The fourth-order valence-electron chi connectivity index (χ4n) is 2.04. The third-order valence-electron chi connectivity index (χ3n) is 2.95. The van der Waals surface area contributed by atoms with E-state index in [4.69, 9.17) is 0 Å². The van der Waals surface area contributed by atoms with E-state index in [2.05, 4.69) is 9.97 Å². The van der Waals surface area contributed by atoms with Crippen molar-refractivity contribution in [2.45, 2.75) is 5.16 Å². The van der Waals surface area contributed by atoms with Crippen LogP contribution in [-0.4, -0.2) is 25.6 Å². The highest BCUT2D eigenvalue weighted by Crippen LogP contribution is 2.17. The van der Waals surface area contributed by atoms with Gasteiger partial charge in [-0.25, -0.2) is 19.3 Å². The van der Waals surface area contributed by atoms with Gasteiger partial charge in [-0.3, -0.25) is 4.79 Å². The van der Waals surface area contributed by atoms with Crippen molar-refractivity contribution in [3.63, 3.8) is 0 Å². The normalized spacial score (nSPS) is 11.1. The molecule has 96 valence electrons. The van der Waals surface area contributed by atoms with Crippen LogP contribution in [-0.2, 0) is 7.05 Å². The summed E-state index contributed by atoms with van der Waals surface area (Å²) in [6, 6.07) is 9.69. The lowest BCUT2D eigenvalue weighted by Crippen LogP contribution is -2.17. The summed E-state index contributed by atoms with van der Waals surface area (Å²) < 4.78 is 3.36. The minimum Gasteiger partial charge on any atom is -0.267 e. The Labute approximate surface area is 113 Å². The first-order valence-electron chi connectivity index (χ1n) is 5.76. The molecule has 0 bridgehead atoms. The van der Waals surface area contributed by atoms with Crippen LogP contribution in [0, 0.1) is 0 Å². The molecule has 0 aliphatic rings. The van der Waals surface area contributed by atoms with Gasteiger partial charge in [0.2, 0.25) is 0 Å². The van der Waals surface area contributed by atoms with E-state index in [9.17, 15) is 4.79 Å². The summed E-state index contributed by atoms with van der Waals surface area (Å²) in [5.41, 5.74) is 1.45. The van der Waals surface area contributed by atoms with E-state index >= 15 is 0 Å². The quantitative estimate of drug-likeness (QED) is 0.527. The van der Waals surface area contributed by atoms with Gasteiger partial charge in [0.1, 0.15) is 5.39 Å². The molecular weight excluding hydrogens is 260 g/mol. The maximum absolute atomic E-state index is 12.2. The van der Waals surface area contributed by atoms with Gasteiger partial charge in [0.15, 0.2) is 10.8 Å². The number of benzene rings is 1. The highest BCUT2D eigenvalue weighted by atomic mass is 32.2. The van der Waals surface area contributed by atoms with Crippen LogP contribution in [0.2, 0.25) is 0 Å². The molecular formula is C13H12N4OS. The van der Waals surface area contributed by atoms with E-state index in [-0.39, 0.29) is 5.56 Å². The summed E-state index contributed by atoms with van der Waals surface area (Å²) in [7, 11) is 1.73. The third kappa shape index (κ3) is 1.84. The fraction of sp³-hybridized carbons (Fsp3) is 0.154. The molecule has 2 aromatic heterocycles. The average Bonchev–Trinajstić information content (AvgIpc) is 2.71. The number of rotatable bonds is 2. The molecule has 6 heteroatoms. The molecule has 0 N–H and O–H groups in total. The van der Waals surface area contributed by atoms with Crippen molar-refractivity contribution >= 4 is 22.8 Å². The Morgan fingerprint density at radius 3 is 2.63 bits per heavy atom. The van der Waals surface area contributed by atoms with Crippen LogP contribution in [0.5, 0.6) is 0 Å². The van der Waals surface area contributed by atoms with Gasteiger partial charge in [0.25, 0.3) is 5.56 Å². The zero-order chi connectivity index (χ0) is 13.4. The van der Waals surface area contributed by atoms with Crippen molar-refractivity contribution in [2.75, 3.05) is 6.26 Å². The zero-order valence-corrected chi connectivity index (χ0v) is 11.4. The van der Waals surface area contributed by atoms with E-state index in [0.717, 1.165) is 5.69 Å². The smallest absolute Gasteiger partial charge is 0.267 e. The summed E-state index contributed by atoms with van der Waals surface area (Å²) in [6.45, 7) is 0. The van der Waals surface area contributed by atoms with Crippen molar-refractivity contribution in [2.24, 2.45) is 7.05 Å². The molecule has 2 heterocycles. The van der Waals surface area contributed by atoms with E-state index in [1.807, 2.05) is 36.6 Å². The minimum atomic E-state index is -0.0912. The highest BCUT2D eigenvalue weighted by molar-refractivity contribution is 7.98. The number of fused-ring (bicyclic) bond motifs is 1. The van der Waals surface area contributed by atoms with Gasteiger partial charge in [-0.05, 0) is 18.4 Å². The number of nitrogens with zero attached hydrogens (tertiary/aromatic N) is 4. The van der Waals surface area contributed by atoms with Crippen LogP contribution >= 0.6 is 11.8 Å². The Hall–Kier alpha value is -2.08. The van der Waals surface area contributed by atoms with E-state index in [0.29, 0.717) is 16.2 Å². The molecule has 0 spiro atoms. The molecule has 3 rings (SSSR count). The van der Waals surface area contributed by atoms with E-state index < -0.39 is 0 Å². The lowest BCUT2D eigenvalue weighted by molar-refractivity contribution is 0.650. The van der Waals surface area contributed by atoms with Crippen molar-refractivity contribution in [1.82, 2.24) is 19.3 Å². The molecule has 0 amide bonds. The van der Waals surface area contributed by atoms with Gasteiger partial charge in [-0.15, -0.1) is 0 Å². The van der Waals surface area contributed by atoms with Crippen molar-refractivity contribution < 1.29 is 0 Å². The van der Waals surface area contributed by atoms with Gasteiger partial charge < -0.3 is 0 Å². The third-order valence-corrected chi connectivity index (χ3v) is 3.52. The number of hydrogen-bond donors (Lipinski definition) is 0. The van der Waals surface area contributed by atoms with Gasteiger partial charge >= 0.3 is 0 Å². The maximum Gasteiger partial charge on any atom is 0.277 e. The molecule has 0 saturated carbocycles. The predicted octanol–water partition coefficient (Wildman–Crippen LogP) is 1.84. The number of para-hydroxylation sites is 1. The minimum absolute atomic E-state index is 0.0912. The molecule has 0 radical (unpaired) electrons. The number of thioether (sulfide) groups is 1. The standard InChI is InChI=1S/C13H12N4OS/c1-16-12(18)10-8-14-13(19-2)15-11(10)17(16)9-6-4-3-5-7-9/h3-8H,1-2H3. The Kier molecular flexibility index (Phi) is 2.87. The van der Waals surface area contributed by atoms with Crippen LogP contribution in [0.1, 0.15) is 0 Å². The monoisotopic (exact) mass is 272 g/mol. The second-order valence-electron chi connectivity index (χ2n) is 4.07. The predicted molar refractivity (Wildman–Crippen MR) is 75.9 cm³/mol. The van der Waals surface area contributed by atoms with Gasteiger partial charge in [-0.1, -0.05) is 30.0 Å². The number of hydrogen-bond acceptors (Lipinski definition) is 4. The summed E-state index contributed by atoms with van der Waals surface area (Å²) in [6.07, 6.45) is 3.50. The van der Waals surface area contributed by atoms with Crippen molar-refractivity contribution in [3.8, 4) is 5.69 Å². The fourth-order valence-corrected chi connectivity index (χ4v) is 2.38. The summed E-state index contributed by atoms with van der Waals surface area (Å²) in [5.74, 6) is 0. The topological polar surface area (TPSA) is 52.7 Å². The molecule has 0 fully saturated rings.